The van der Waals surface area contributed by atoms with E-state index in [1.54, 1.807) is 116 Å². The number of nitrogens with zero attached hydrogens (tertiary/aromatic N) is 3. The smallest absolute Gasteiger partial charge is 0.312 e. The number of ether oxygens (including phenoxy) is 1. The fourth-order valence-corrected chi connectivity index (χ4v) is 14.2. The second-order valence-electron chi connectivity index (χ2n) is 30.5. The molecule has 120 heavy (non-hydrogen) atoms. The topological polar surface area (TPSA) is 524 Å². The first-order valence-electron chi connectivity index (χ1n) is 40.0. The number of urea groups is 1. The molecule has 34 nitrogen and oxygen atoms in total. The minimum atomic E-state index is -1.86. The van der Waals surface area contributed by atoms with Crippen LogP contribution in [-0.4, -0.2) is 233 Å². The van der Waals surface area contributed by atoms with E-state index >= 15 is 28.8 Å². The third-order valence-electron chi connectivity index (χ3n) is 20.6. The monoisotopic (exact) mass is 1680 g/mol. The molecule has 2 aliphatic rings. The van der Waals surface area contributed by atoms with Crippen LogP contribution in [-0.2, 0) is 107 Å². The number of amides is 12. The fraction of sp³-hybridized carbons (Fsp3) is 0.435. The van der Waals surface area contributed by atoms with Crippen LogP contribution in [0.2, 0.25) is 5.02 Å². The third-order valence-corrected chi connectivity index (χ3v) is 20.8. The summed E-state index contributed by atoms with van der Waals surface area (Å²) in [4.78, 5) is 187. The summed E-state index contributed by atoms with van der Waals surface area (Å²) in [6, 6.07) is 26.3. The molecule has 2 fully saturated rings. The molecule has 6 aromatic rings. The van der Waals surface area contributed by atoms with Gasteiger partial charge in [0.15, 0.2) is 5.96 Å². The number of benzene rings is 6. The van der Waals surface area contributed by atoms with E-state index in [1.165, 1.54) is 11.8 Å². The Labute approximate surface area is 700 Å². The number of carbonyl (C=O) groups excluding carboxylic acids is 11. The molecule has 6 aromatic carbocycles. The SMILES string of the molecule is CC(C)C[C@H](NC(=O)[C@@H](Cc1ccc(CN(CCC(=O)O)CCC(=O)O)cc1)NC(=O)[C@H](Cc1ccc(CN2CCOCC2)cc1)NC(=O)[C@H](CO)NC(=O)[C@@H](Cc1ccccc1)NC(=O)[C@@H](Cc1ccc(Cl)cc1)NC(=O)[C@@H](Cc1ccc2ccccc2c1)NC(N)=O)C(=O)N[C@@H](CCCNC(=N)N)C(=O)N1CCC[C@H]1C(=O)N[C@H](C)C(N)=O. The van der Waals surface area contributed by atoms with Gasteiger partial charge in [-0.1, -0.05) is 159 Å². The van der Waals surface area contributed by atoms with Crippen molar-refractivity contribution in [3.8, 4) is 0 Å². The first kappa shape index (κ1) is 93.4. The molecule has 10 atom stereocenters. The molecule has 0 saturated carbocycles. The van der Waals surface area contributed by atoms with E-state index in [-0.39, 0.29) is 115 Å². The number of morpholine rings is 1. The van der Waals surface area contributed by atoms with Crippen LogP contribution < -0.4 is 70.4 Å². The number of fused-ring (bicyclic) bond motifs is 1. The molecule has 0 aliphatic carbocycles. The van der Waals surface area contributed by atoms with E-state index in [1.807, 2.05) is 48.5 Å². The van der Waals surface area contributed by atoms with Crippen LogP contribution in [0.1, 0.15) is 105 Å². The van der Waals surface area contributed by atoms with Gasteiger partial charge in [0.1, 0.15) is 60.4 Å². The summed E-state index contributed by atoms with van der Waals surface area (Å²) in [7, 11) is 0. The maximum atomic E-state index is 15.6. The molecule has 2 heterocycles. The Balaban J connectivity index is 1.11. The van der Waals surface area contributed by atoms with E-state index in [4.69, 9.17) is 38.9 Å². The van der Waals surface area contributed by atoms with Gasteiger partial charge in [0.25, 0.3) is 0 Å². The minimum absolute atomic E-state index is 0.0172. The number of carbonyl (C=O) groups is 13. The highest BCUT2D eigenvalue weighted by molar-refractivity contribution is 6.30. The molecule has 0 unspecified atom stereocenters. The number of rotatable bonds is 46. The van der Waals surface area contributed by atoms with Crippen molar-refractivity contribution >= 4 is 105 Å². The number of carboxylic acid groups (broad SMARTS) is 2. The lowest BCUT2D eigenvalue weighted by Crippen LogP contribution is -2.62. The zero-order chi connectivity index (χ0) is 87.0. The Kier molecular flexibility index (Phi) is 36.5. The third kappa shape index (κ3) is 30.7. The Morgan fingerprint density at radius 3 is 1.44 bits per heavy atom. The van der Waals surface area contributed by atoms with E-state index in [2.05, 4.69) is 58.1 Å². The number of carboxylic acids is 2. The zero-order valence-corrected chi connectivity index (χ0v) is 68.2. The van der Waals surface area contributed by atoms with Gasteiger partial charge in [-0.15, -0.1) is 0 Å². The van der Waals surface area contributed by atoms with Gasteiger partial charge in [0.05, 0.1) is 32.7 Å². The van der Waals surface area contributed by atoms with Gasteiger partial charge in [-0.05, 0) is 107 Å². The van der Waals surface area contributed by atoms with E-state index in [0.29, 0.717) is 77.7 Å². The van der Waals surface area contributed by atoms with Gasteiger partial charge in [0.2, 0.25) is 59.1 Å². The standard InChI is InChI=1S/C85H110ClN17O17/c1-51(2)41-64(75(110)93-63(15-9-33-91-84(88)89)83(118)103-34-10-16-71(103)82(117)92-52(3)74(87)109)94-76(111)66(44-54-17-21-57(22-18-54)48-101(35-31-72(105)106)36-32-73(107)108)96-78(113)68(45-55-19-23-58(24-20-55)49-102-37-39-120-40-38-102)98-81(116)70(50-104)99-79(114)65(43-53-11-5-4-6-12-53)95-77(112)67(46-56-26-29-62(86)30-27-56)97-80(115)69(100-85(90)119)47-59-25-28-60-13-7-8-14-61(60)42-59/h4-8,11-14,17-30,42,51-52,63-71,104H,9-10,15-16,31-41,43-50H2,1-3H3,(H2,87,109)(H,92,117)(H,93,110)(H,94,111)(H,95,112)(H,96,113)(H,97,115)(H,98,116)(H,99,114)(H,105,106)(H,107,108)(H4,88,89,91)(H3,90,100,119)/t52-,63+,64+,65-,66-,67-,68+,69-,70+,71+/m1/s1. The van der Waals surface area contributed by atoms with Crippen molar-refractivity contribution in [2.24, 2.45) is 23.1 Å². The highest BCUT2D eigenvalue weighted by Crippen LogP contribution is 2.23. The van der Waals surface area contributed by atoms with Crippen molar-refractivity contribution in [1.29, 1.82) is 5.41 Å². The quantitative estimate of drug-likeness (QED) is 0.0145. The average molecular weight is 1680 g/mol. The van der Waals surface area contributed by atoms with Crippen molar-refractivity contribution in [2.45, 2.75) is 171 Å². The molecule has 12 amide bonds. The number of aliphatic hydroxyl groups is 1. The summed E-state index contributed by atoms with van der Waals surface area (Å²) < 4.78 is 5.56. The van der Waals surface area contributed by atoms with Crippen LogP contribution in [0.3, 0.4) is 0 Å². The number of nitrogens with one attached hydrogen (secondary N) is 11. The van der Waals surface area contributed by atoms with Gasteiger partial charge in [-0.2, -0.15) is 0 Å². The van der Waals surface area contributed by atoms with Gasteiger partial charge < -0.3 is 95.3 Å². The van der Waals surface area contributed by atoms with Crippen molar-refractivity contribution in [1.82, 2.24) is 67.9 Å². The molecule has 644 valence electrons. The lowest BCUT2D eigenvalue weighted by Gasteiger charge is -2.31. The van der Waals surface area contributed by atoms with Crippen molar-refractivity contribution in [2.75, 3.05) is 59.1 Å². The van der Waals surface area contributed by atoms with E-state index < -0.39 is 144 Å². The van der Waals surface area contributed by atoms with Crippen LogP contribution in [0.5, 0.6) is 0 Å². The van der Waals surface area contributed by atoms with Crippen molar-refractivity contribution < 1.29 is 82.4 Å². The summed E-state index contributed by atoms with van der Waals surface area (Å²) in [5.41, 5.74) is 20.8. The number of hydrogen-bond acceptors (Lipinski definition) is 18. The van der Waals surface area contributed by atoms with Gasteiger partial charge in [-0.3, -0.25) is 72.7 Å². The van der Waals surface area contributed by atoms with Crippen LogP contribution in [0, 0.1) is 11.3 Å². The summed E-state index contributed by atoms with van der Waals surface area (Å²) >= 11 is 6.28. The molecule has 8 rings (SSSR count). The van der Waals surface area contributed by atoms with Crippen molar-refractivity contribution in [3.05, 3.63) is 190 Å². The van der Waals surface area contributed by atoms with Crippen LogP contribution in [0.4, 0.5) is 4.79 Å². The molecule has 0 aromatic heterocycles. The summed E-state index contributed by atoms with van der Waals surface area (Å²) in [6.07, 6.45) is -0.948. The number of halogens is 1. The van der Waals surface area contributed by atoms with E-state index in [0.717, 1.165) is 16.3 Å². The highest BCUT2D eigenvalue weighted by Gasteiger charge is 2.41. The van der Waals surface area contributed by atoms with Gasteiger partial charge in [-0.25, -0.2) is 4.79 Å². The minimum Gasteiger partial charge on any atom is -0.481 e. The Morgan fingerprint density at radius 1 is 0.508 bits per heavy atom. The zero-order valence-electron chi connectivity index (χ0n) is 67.5. The van der Waals surface area contributed by atoms with Crippen molar-refractivity contribution in [3.63, 3.8) is 0 Å². The molecular weight excluding hydrogens is 1570 g/mol. The normalized spacial score (nSPS) is 15.7. The maximum Gasteiger partial charge on any atom is 0.312 e. The van der Waals surface area contributed by atoms with Crippen LogP contribution in [0.15, 0.2) is 146 Å². The first-order chi connectivity index (χ1) is 57.4. The first-order valence-corrected chi connectivity index (χ1v) is 40.4. The second kappa shape index (κ2) is 46.9. The Morgan fingerprint density at radius 2 is 0.942 bits per heavy atom. The number of nitrogens with two attached hydrogens (primary N) is 3. The molecule has 2 aliphatic heterocycles. The molecular formula is C85H110ClN17O17. The number of likely N-dealkylation sites (tertiary alicyclic amines) is 1. The number of hydrogen-bond donors (Lipinski definition) is 17. The van der Waals surface area contributed by atoms with Crippen LogP contribution in [0.25, 0.3) is 10.8 Å². The maximum absolute atomic E-state index is 15.6. The van der Waals surface area contributed by atoms with Gasteiger partial charge >= 0.3 is 18.0 Å². The number of guanidine groups is 1. The molecule has 2 saturated heterocycles. The highest BCUT2D eigenvalue weighted by atomic mass is 35.5. The number of aliphatic carboxylic acids is 2. The predicted octanol–water partition coefficient (Wildman–Crippen LogP) is 1.30. The van der Waals surface area contributed by atoms with Gasteiger partial charge in [0, 0.05) is 89.5 Å². The molecule has 0 radical (unpaired) electrons. The lowest BCUT2D eigenvalue weighted by molar-refractivity contribution is -0.142. The molecule has 0 spiro atoms. The lowest BCUT2D eigenvalue weighted by atomic mass is 9.98. The second-order valence-corrected chi connectivity index (χ2v) is 30.9. The number of primary amides is 2. The summed E-state index contributed by atoms with van der Waals surface area (Å²) in [5, 5.41) is 67.0. The Hall–Kier alpha value is -12.1. The largest absolute Gasteiger partial charge is 0.481 e. The summed E-state index contributed by atoms with van der Waals surface area (Å²) in [6.45, 7) is 7.21. The molecule has 20 N–H and O–H groups in total. The number of aliphatic hydroxyl groups excluding tert-OH is 1. The fourth-order valence-electron chi connectivity index (χ4n) is 14.1. The van der Waals surface area contributed by atoms with Crippen LogP contribution >= 0.6 is 11.6 Å². The molecule has 0 bridgehead atoms. The predicted molar refractivity (Wildman–Crippen MR) is 446 cm³/mol. The molecule has 35 heteroatoms. The summed E-state index contributed by atoms with van der Waals surface area (Å²) in [5.74, 6) is -11.6. The Bertz CT molecular complexity index is 4500. The van der Waals surface area contributed by atoms with E-state index in [9.17, 15) is 48.9 Å². The average Bonchev–Trinajstić information content (AvgIpc) is 1.19.